The monoisotopic (exact) mass is 445 g/mol. The Morgan fingerprint density at radius 1 is 1.00 bits per heavy atom. The SMILES string of the molecule is CCOc1cc(-c2nnc(SCc3cccc([N+](=O)[O-])c3)o2)cc(OCC)c1OCC. The molecule has 0 radical (unpaired) electrons. The molecule has 31 heavy (non-hydrogen) atoms. The molecule has 0 aliphatic heterocycles. The van der Waals surface area contributed by atoms with Crippen LogP contribution in [0.25, 0.3) is 11.5 Å². The summed E-state index contributed by atoms with van der Waals surface area (Å²) in [6, 6.07) is 10.00. The Balaban J connectivity index is 1.82. The van der Waals surface area contributed by atoms with Gasteiger partial charge in [0.2, 0.25) is 11.6 Å². The van der Waals surface area contributed by atoms with E-state index in [1.54, 1.807) is 18.2 Å². The zero-order chi connectivity index (χ0) is 22.2. The fourth-order valence-electron chi connectivity index (χ4n) is 2.80. The van der Waals surface area contributed by atoms with Crippen LogP contribution in [0, 0.1) is 10.1 Å². The molecule has 3 rings (SSSR count). The quantitative estimate of drug-likeness (QED) is 0.225. The van der Waals surface area contributed by atoms with E-state index in [-0.39, 0.29) is 5.69 Å². The minimum absolute atomic E-state index is 0.0469. The summed E-state index contributed by atoms with van der Waals surface area (Å²) in [5.74, 6) is 2.38. The van der Waals surface area contributed by atoms with Crippen molar-refractivity contribution < 1.29 is 23.6 Å². The number of thioether (sulfide) groups is 1. The van der Waals surface area contributed by atoms with Gasteiger partial charge in [0.05, 0.1) is 24.7 Å². The van der Waals surface area contributed by atoms with Gasteiger partial charge in [-0.1, -0.05) is 23.9 Å². The molecule has 3 aromatic rings. The molecule has 0 aliphatic rings. The van der Waals surface area contributed by atoms with E-state index in [0.717, 1.165) is 5.56 Å². The van der Waals surface area contributed by atoms with Crippen molar-refractivity contribution in [1.29, 1.82) is 0 Å². The van der Waals surface area contributed by atoms with Crippen LogP contribution in [0.4, 0.5) is 5.69 Å². The zero-order valence-corrected chi connectivity index (χ0v) is 18.3. The maximum atomic E-state index is 10.9. The van der Waals surface area contributed by atoms with Crippen molar-refractivity contribution in [2.75, 3.05) is 19.8 Å². The molecule has 0 unspecified atom stereocenters. The summed E-state index contributed by atoms with van der Waals surface area (Å²) in [4.78, 5) is 10.5. The molecule has 0 N–H and O–H groups in total. The summed E-state index contributed by atoms with van der Waals surface area (Å²) in [7, 11) is 0. The van der Waals surface area contributed by atoms with Crippen LogP contribution in [0.5, 0.6) is 17.2 Å². The molecule has 9 nitrogen and oxygen atoms in total. The van der Waals surface area contributed by atoms with Crippen LogP contribution in [-0.4, -0.2) is 34.9 Å². The predicted octanol–water partition coefficient (Wildman–Crippen LogP) is 5.13. The first-order valence-electron chi connectivity index (χ1n) is 9.82. The van der Waals surface area contributed by atoms with E-state index in [2.05, 4.69) is 10.2 Å². The largest absolute Gasteiger partial charge is 0.490 e. The molecule has 1 heterocycles. The molecule has 0 bridgehead atoms. The third-order valence-corrected chi connectivity index (χ3v) is 4.94. The standard InChI is InChI=1S/C21H23N3O6S/c1-4-27-17-11-15(12-18(28-5-2)19(17)29-6-3)20-22-23-21(30-20)31-13-14-8-7-9-16(10-14)24(25)26/h7-12H,4-6,13H2,1-3H3. The van der Waals surface area contributed by atoms with Crippen LogP contribution in [0.3, 0.4) is 0 Å². The van der Waals surface area contributed by atoms with Gasteiger partial charge in [-0.15, -0.1) is 10.2 Å². The van der Waals surface area contributed by atoms with Crippen molar-refractivity contribution >= 4 is 17.4 Å². The lowest BCUT2D eigenvalue weighted by atomic mass is 10.2. The van der Waals surface area contributed by atoms with Gasteiger partial charge in [-0.2, -0.15) is 0 Å². The van der Waals surface area contributed by atoms with Gasteiger partial charge in [0.1, 0.15) is 0 Å². The molecule has 0 spiro atoms. The highest BCUT2D eigenvalue weighted by atomic mass is 32.2. The zero-order valence-electron chi connectivity index (χ0n) is 17.5. The summed E-state index contributed by atoms with van der Waals surface area (Å²) in [5, 5.41) is 19.5. The highest BCUT2D eigenvalue weighted by Gasteiger charge is 2.19. The van der Waals surface area contributed by atoms with Crippen molar-refractivity contribution in [2.24, 2.45) is 0 Å². The fraction of sp³-hybridized carbons (Fsp3) is 0.333. The van der Waals surface area contributed by atoms with Gasteiger partial charge in [-0.05, 0) is 38.5 Å². The number of aromatic nitrogens is 2. The van der Waals surface area contributed by atoms with Crippen molar-refractivity contribution in [3.05, 3.63) is 52.1 Å². The number of hydrogen-bond donors (Lipinski definition) is 0. The summed E-state index contributed by atoms with van der Waals surface area (Å²) < 4.78 is 23.0. The molecule has 0 saturated heterocycles. The normalized spacial score (nSPS) is 10.7. The van der Waals surface area contributed by atoms with Crippen LogP contribution in [0.15, 0.2) is 46.0 Å². The van der Waals surface area contributed by atoms with Crippen LogP contribution >= 0.6 is 11.8 Å². The average molecular weight is 445 g/mol. The van der Waals surface area contributed by atoms with E-state index in [4.69, 9.17) is 18.6 Å². The van der Waals surface area contributed by atoms with Crippen molar-refractivity contribution in [2.45, 2.75) is 31.7 Å². The van der Waals surface area contributed by atoms with Gasteiger partial charge in [0.25, 0.3) is 10.9 Å². The van der Waals surface area contributed by atoms with Crippen LogP contribution in [-0.2, 0) is 5.75 Å². The Labute approximate surface area is 183 Å². The number of nitro benzene ring substituents is 1. The molecule has 0 saturated carbocycles. The number of ether oxygens (including phenoxy) is 3. The first kappa shape index (κ1) is 22.4. The second-order valence-electron chi connectivity index (χ2n) is 6.19. The van der Waals surface area contributed by atoms with Gasteiger partial charge >= 0.3 is 0 Å². The molecule has 1 aromatic heterocycles. The van der Waals surface area contributed by atoms with Gasteiger partial charge in [-0.25, -0.2) is 0 Å². The Morgan fingerprint density at radius 3 is 2.29 bits per heavy atom. The maximum Gasteiger partial charge on any atom is 0.277 e. The van der Waals surface area contributed by atoms with E-state index in [1.165, 1.54) is 23.9 Å². The Kier molecular flexibility index (Phi) is 7.71. The van der Waals surface area contributed by atoms with Gasteiger partial charge in [-0.3, -0.25) is 10.1 Å². The van der Waals surface area contributed by atoms with E-state index < -0.39 is 4.92 Å². The lowest BCUT2D eigenvalue weighted by Crippen LogP contribution is -2.03. The minimum atomic E-state index is -0.420. The van der Waals surface area contributed by atoms with Crippen LogP contribution in [0.1, 0.15) is 26.3 Å². The molecule has 0 amide bonds. The summed E-state index contributed by atoms with van der Waals surface area (Å²) >= 11 is 1.30. The van der Waals surface area contributed by atoms with E-state index in [0.29, 0.717) is 59.5 Å². The highest BCUT2D eigenvalue weighted by molar-refractivity contribution is 7.98. The molecular weight excluding hydrogens is 422 g/mol. The average Bonchev–Trinajstić information content (AvgIpc) is 3.24. The van der Waals surface area contributed by atoms with Crippen LogP contribution < -0.4 is 14.2 Å². The number of nitro groups is 1. The first-order valence-corrected chi connectivity index (χ1v) is 10.8. The number of benzene rings is 2. The summed E-state index contributed by atoms with van der Waals surface area (Å²) in [6.07, 6.45) is 0. The first-order chi connectivity index (χ1) is 15.0. The van der Waals surface area contributed by atoms with Crippen molar-refractivity contribution in [3.8, 4) is 28.7 Å². The molecular formula is C21H23N3O6S. The number of hydrogen-bond acceptors (Lipinski definition) is 9. The lowest BCUT2D eigenvalue weighted by molar-refractivity contribution is -0.384. The smallest absolute Gasteiger partial charge is 0.277 e. The third kappa shape index (κ3) is 5.66. The van der Waals surface area contributed by atoms with Crippen molar-refractivity contribution in [3.63, 3.8) is 0 Å². The second-order valence-corrected chi connectivity index (χ2v) is 7.12. The van der Waals surface area contributed by atoms with Gasteiger partial charge in [0, 0.05) is 23.4 Å². The highest BCUT2D eigenvalue weighted by Crippen LogP contribution is 2.42. The molecule has 164 valence electrons. The lowest BCUT2D eigenvalue weighted by Gasteiger charge is -2.16. The third-order valence-electron chi connectivity index (χ3n) is 4.05. The topological polar surface area (TPSA) is 110 Å². The fourth-order valence-corrected chi connectivity index (χ4v) is 3.51. The van der Waals surface area contributed by atoms with Gasteiger partial charge < -0.3 is 18.6 Å². The Bertz CT molecular complexity index is 1010. The molecule has 2 aromatic carbocycles. The number of non-ortho nitro benzene ring substituents is 1. The summed E-state index contributed by atoms with van der Waals surface area (Å²) in [6.45, 7) is 7.06. The second kappa shape index (κ2) is 10.7. The van der Waals surface area contributed by atoms with E-state index >= 15 is 0 Å². The minimum Gasteiger partial charge on any atom is -0.490 e. The molecule has 0 aliphatic carbocycles. The predicted molar refractivity (Wildman–Crippen MR) is 116 cm³/mol. The summed E-state index contributed by atoms with van der Waals surface area (Å²) in [5.41, 5.74) is 1.48. The number of nitrogens with zero attached hydrogens (tertiary/aromatic N) is 3. The maximum absolute atomic E-state index is 10.9. The van der Waals surface area contributed by atoms with Crippen LogP contribution in [0.2, 0.25) is 0 Å². The number of rotatable bonds is 11. The molecule has 0 fully saturated rings. The molecule has 10 heteroatoms. The van der Waals surface area contributed by atoms with Gasteiger partial charge in [0.15, 0.2) is 11.5 Å². The Morgan fingerprint density at radius 2 is 1.68 bits per heavy atom. The van der Waals surface area contributed by atoms with E-state index in [1.807, 2.05) is 26.8 Å². The Hall–Kier alpha value is -3.27. The van der Waals surface area contributed by atoms with E-state index in [9.17, 15) is 10.1 Å². The van der Waals surface area contributed by atoms with Crippen molar-refractivity contribution in [1.82, 2.24) is 10.2 Å². The molecule has 0 atom stereocenters.